The zero-order chi connectivity index (χ0) is 16.7. The molecule has 0 saturated carbocycles. The van der Waals surface area contributed by atoms with E-state index in [-0.39, 0.29) is 20.8 Å². The predicted molar refractivity (Wildman–Crippen MR) is 89.3 cm³/mol. The van der Waals surface area contributed by atoms with E-state index >= 15 is 0 Å². The minimum Gasteiger partial charge on any atom is -0.319 e. The van der Waals surface area contributed by atoms with E-state index in [1.54, 1.807) is 6.92 Å². The third-order valence-electron chi connectivity index (χ3n) is 3.23. The van der Waals surface area contributed by atoms with E-state index in [1.807, 2.05) is 0 Å². The number of carbonyl (C=O) groups excluding carboxylic acids is 1. The smallest absolute Gasteiger partial charge is 0.274 e. The lowest BCUT2D eigenvalue weighted by atomic mass is 10.2. The van der Waals surface area contributed by atoms with Crippen molar-refractivity contribution >= 4 is 52.0 Å². The van der Waals surface area contributed by atoms with Crippen molar-refractivity contribution in [1.29, 1.82) is 0 Å². The average molecular weight is 373 g/mol. The van der Waals surface area contributed by atoms with Crippen LogP contribution in [-0.4, -0.2) is 15.3 Å². The van der Waals surface area contributed by atoms with Gasteiger partial charge < -0.3 is 5.32 Å². The molecule has 0 spiro atoms. The number of fused-ring (bicyclic) bond motifs is 1. The summed E-state index contributed by atoms with van der Waals surface area (Å²) in [5.41, 5.74) is 1.44. The molecule has 1 aromatic carbocycles. The summed E-state index contributed by atoms with van der Waals surface area (Å²) >= 11 is 17.8. The highest BCUT2D eigenvalue weighted by molar-refractivity contribution is 6.44. The molecule has 0 atom stereocenters. The standard InChI is InChI=1S/C15H9Cl3FN3O/c1-7-14(22-6-8(19)2-3-13(22)20-7)15(23)21-12-5-10(17)9(16)4-11(12)18/h2-6H,1H3,(H,21,23). The lowest BCUT2D eigenvalue weighted by molar-refractivity contribution is 0.102. The summed E-state index contributed by atoms with van der Waals surface area (Å²) in [5.74, 6) is -0.961. The maximum absolute atomic E-state index is 13.4. The molecule has 0 fully saturated rings. The van der Waals surface area contributed by atoms with Gasteiger partial charge in [0.1, 0.15) is 17.2 Å². The second-order valence-corrected chi connectivity index (χ2v) is 6.04. The summed E-state index contributed by atoms with van der Waals surface area (Å²) in [6.07, 6.45) is 1.20. The molecule has 0 bridgehead atoms. The van der Waals surface area contributed by atoms with Crippen molar-refractivity contribution in [3.8, 4) is 0 Å². The first-order valence-corrected chi connectivity index (χ1v) is 7.60. The van der Waals surface area contributed by atoms with Gasteiger partial charge in [-0.25, -0.2) is 9.37 Å². The molecule has 0 saturated heterocycles. The topological polar surface area (TPSA) is 46.4 Å². The molecule has 2 heterocycles. The first-order valence-electron chi connectivity index (χ1n) is 6.47. The minimum atomic E-state index is -0.485. The number of imidazole rings is 1. The van der Waals surface area contributed by atoms with Crippen LogP contribution in [0.2, 0.25) is 15.1 Å². The van der Waals surface area contributed by atoms with Gasteiger partial charge in [-0.05, 0) is 31.2 Å². The van der Waals surface area contributed by atoms with Crippen LogP contribution in [0.5, 0.6) is 0 Å². The van der Waals surface area contributed by atoms with E-state index in [0.29, 0.717) is 17.0 Å². The van der Waals surface area contributed by atoms with Crippen LogP contribution in [0.3, 0.4) is 0 Å². The number of benzene rings is 1. The average Bonchev–Trinajstić information content (AvgIpc) is 2.80. The Bertz CT molecular complexity index is 939. The van der Waals surface area contributed by atoms with Crippen LogP contribution in [0.1, 0.15) is 16.2 Å². The molecule has 1 N–H and O–H groups in total. The Morgan fingerprint density at radius 1 is 1.17 bits per heavy atom. The minimum absolute atomic E-state index is 0.210. The van der Waals surface area contributed by atoms with Gasteiger partial charge in [0.25, 0.3) is 5.91 Å². The predicted octanol–water partition coefficient (Wildman–Crippen LogP) is 4.99. The zero-order valence-corrected chi connectivity index (χ0v) is 14.0. The molecule has 4 nitrogen and oxygen atoms in total. The number of carbonyl (C=O) groups is 1. The second kappa shape index (κ2) is 6.00. The van der Waals surface area contributed by atoms with Gasteiger partial charge in [-0.15, -0.1) is 0 Å². The number of nitrogens with one attached hydrogen (secondary N) is 1. The highest BCUT2D eigenvalue weighted by atomic mass is 35.5. The lowest BCUT2D eigenvalue weighted by Gasteiger charge is -2.09. The third kappa shape index (κ3) is 3.00. The van der Waals surface area contributed by atoms with Gasteiger partial charge in [0.05, 0.1) is 26.4 Å². The first kappa shape index (κ1) is 16.1. The Morgan fingerprint density at radius 3 is 2.61 bits per heavy atom. The molecule has 0 aliphatic carbocycles. The van der Waals surface area contributed by atoms with Crippen LogP contribution in [-0.2, 0) is 0 Å². The van der Waals surface area contributed by atoms with E-state index in [9.17, 15) is 9.18 Å². The molecule has 118 valence electrons. The fourth-order valence-electron chi connectivity index (χ4n) is 2.21. The summed E-state index contributed by atoms with van der Waals surface area (Å²) in [4.78, 5) is 16.8. The molecule has 3 rings (SSSR count). The summed E-state index contributed by atoms with van der Waals surface area (Å²) in [6, 6.07) is 5.65. The number of rotatable bonds is 2. The Hall–Kier alpha value is -1.82. The number of hydrogen-bond donors (Lipinski definition) is 1. The van der Waals surface area contributed by atoms with Gasteiger partial charge in [0, 0.05) is 6.20 Å². The summed E-state index contributed by atoms with van der Waals surface area (Å²) in [7, 11) is 0. The molecule has 2 aromatic heterocycles. The number of aromatic nitrogens is 2. The van der Waals surface area contributed by atoms with Gasteiger partial charge in [-0.2, -0.15) is 0 Å². The van der Waals surface area contributed by atoms with Crippen LogP contribution in [0.4, 0.5) is 10.1 Å². The number of halogens is 4. The maximum atomic E-state index is 13.4. The van der Waals surface area contributed by atoms with Gasteiger partial charge in [-0.3, -0.25) is 9.20 Å². The van der Waals surface area contributed by atoms with Crippen molar-refractivity contribution < 1.29 is 9.18 Å². The summed E-state index contributed by atoms with van der Waals surface area (Å²) in [5, 5.41) is 3.41. The Labute approximate surface area is 145 Å². The molecule has 0 aliphatic rings. The van der Waals surface area contributed by atoms with Crippen LogP contribution >= 0.6 is 34.8 Å². The van der Waals surface area contributed by atoms with Crippen LogP contribution in [0.25, 0.3) is 5.65 Å². The number of aryl methyl sites for hydroxylation is 1. The van der Waals surface area contributed by atoms with E-state index in [4.69, 9.17) is 34.8 Å². The van der Waals surface area contributed by atoms with Crippen LogP contribution in [0.15, 0.2) is 30.5 Å². The number of pyridine rings is 1. The van der Waals surface area contributed by atoms with Crippen LogP contribution < -0.4 is 5.32 Å². The van der Waals surface area contributed by atoms with E-state index in [1.165, 1.54) is 34.9 Å². The monoisotopic (exact) mass is 371 g/mol. The Balaban J connectivity index is 2.03. The molecule has 1 amide bonds. The zero-order valence-electron chi connectivity index (χ0n) is 11.7. The van der Waals surface area contributed by atoms with Gasteiger partial charge in [-0.1, -0.05) is 34.8 Å². The van der Waals surface area contributed by atoms with Crippen molar-refractivity contribution in [2.45, 2.75) is 6.92 Å². The number of nitrogens with zero attached hydrogens (tertiary/aromatic N) is 2. The van der Waals surface area contributed by atoms with Crippen molar-refractivity contribution in [2.24, 2.45) is 0 Å². The number of anilines is 1. The van der Waals surface area contributed by atoms with Crippen molar-refractivity contribution in [1.82, 2.24) is 9.38 Å². The Kier molecular flexibility index (Phi) is 4.19. The second-order valence-electron chi connectivity index (χ2n) is 4.82. The van der Waals surface area contributed by atoms with Gasteiger partial charge >= 0.3 is 0 Å². The number of hydrogen-bond acceptors (Lipinski definition) is 2. The quantitative estimate of drug-likeness (QED) is 0.644. The van der Waals surface area contributed by atoms with E-state index < -0.39 is 11.7 Å². The van der Waals surface area contributed by atoms with Crippen molar-refractivity contribution in [3.05, 3.63) is 62.7 Å². The van der Waals surface area contributed by atoms with Gasteiger partial charge in [0.2, 0.25) is 0 Å². The highest BCUT2D eigenvalue weighted by Gasteiger charge is 2.18. The fourth-order valence-corrected chi connectivity index (χ4v) is 2.80. The van der Waals surface area contributed by atoms with Crippen molar-refractivity contribution in [2.75, 3.05) is 5.32 Å². The van der Waals surface area contributed by atoms with Gasteiger partial charge in [0.15, 0.2) is 0 Å². The van der Waals surface area contributed by atoms with E-state index in [0.717, 1.165) is 0 Å². The maximum Gasteiger partial charge on any atom is 0.274 e. The summed E-state index contributed by atoms with van der Waals surface area (Å²) < 4.78 is 14.8. The normalized spacial score (nSPS) is 11.0. The summed E-state index contributed by atoms with van der Waals surface area (Å²) in [6.45, 7) is 1.66. The first-order chi connectivity index (χ1) is 10.9. The number of amides is 1. The largest absolute Gasteiger partial charge is 0.319 e. The molecule has 0 radical (unpaired) electrons. The van der Waals surface area contributed by atoms with Crippen LogP contribution in [0, 0.1) is 12.7 Å². The highest BCUT2D eigenvalue weighted by Crippen LogP contribution is 2.32. The van der Waals surface area contributed by atoms with E-state index in [2.05, 4.69) is 10.3 Å². The SMILES string of the molecule is Cc1nc2ccc(F)cn2c1C(=O)Nc1cc(Cl)c(Cl)cc1Cl. The Morgan fingerprint density at radius 2 is 1.87 bits per heavy atom. The molecule has 8 heteroatoms. The third-order valence-corrected chi connectivity index (χ3v) is 4.26. The fraction of sp³-hybridized carbons (Fsp3) is 0.0667. The lowest BCUT2D eigenvalue weighted by Crippen LogP contribution is -2.16. The molecule has 23 heavy (non-hydrogen) atoms. The molecular weight excluding hydrogens is 364 g/mol. The van der Waals surface area contributed by atoms with Crippen molar-refractivity contribution in [3.63, 3.8) is 0 Å². The molecule has 0 unspecified atom stereocenters. The molecule has 3 aromatic rings. The molecule has 0 aliphatic heterocycles. The molecular formula is C15H9Cl3FN3O.